The van der Waals surface area contributed by atoms with Gasteiger partial charge in [0, 0.05) is 136 Å². The van der Waals surface area contributed by atoms with Gasteiger partial charge in [0.1, 0.15) is 0 Å². The second-order valence-electron chi connectivity index (χ2n) is 36.0. The molecule has 132 heavy (non-hydrogen) atoms. The standard InChI is InChI=1S/C25H32N2S.C24H34N2OS.C24H34N2S.C22H32N2S.C21H30N2S/c1-26(2)15-8-16-27(17-18-28-21-22-9-4-3-5-10-22)20-23-13-14-24-11-6-7-12-25(24)19-23;1-22-8-10-23(11-9-22)20-26(13-5-12-25-14-17-27-18-15-25)16-19-28-21-24-6-3-2-4-7-24;1-22-10-12-23(13-11-22)20-26(17-7-16-25-14-5-6-15-25)18-19-27-21-24-8-3-2-4-9-24;1-3-23(2)15-10-16-24(19-21-11-6-4-7-12-21)17-18-25-20-22-13-8-5-9-14-22;1-22(2)14-9-15-23(18-20-10-5-3-6-11-20)16-17-24-19-21-12-7-4-8-13-21/h3-7,9-14,19H,8,15-18,20-21H2,1-2H3;2-4,6-11H,5,12-21H2,1H3;2-4,8-13H,5-7,14-21H2,1H3;4-9,11-14H,3,10,15-20H2,1-2H3;3-8,10-13H,9,14-19H2,1-2H3. The fraction of sp³-hybridized carbons (Fsp3) is 0.448. The molecule has 2 aliphatic heterocycles. The molecule has 712 valence electrons. The Hall–Kier alpha value is -7.01. The lowest BCUT2D eigenvalue weighted by Crippen LogP contribution is -2.38. The van der Waals surface area contributed by atoms with Crippen molar-refractivity contribution in [2.24, 2.45) is 0 Å². The molecule has 2 saturated heterocycles. The third-order valence-corrected chi connectivity index (χ3v) is 29.0. The molecule has 16 heteroatoms. The van der Waals surface area contributed by atoms with Crippen molar-refractivity contribution in [3.05, 3.63) is 370 Å². The third-order valence-electron chi connectivity index (χ3n) is 24.0. The lowest BCUT2D eigenvalue weighted by Gasteiger charge is -2.28. The molecule has 2 aliphatic rings. The molecular weight excluding hydrogens is 1710 g/mol. The van der Waals surface area contributed by atoms with E-state index in [4.69, 9.17) is 4.74 Å². The molecule has 11 aromatic carbocycles. The number of hydrogen-bond donors (Lipinski definition) is 0. The van der Waals surface area contributed by atoms with Gasteiger partial charge in [-0.25, -0.2) is 0 Å². The Labute approximate surface area is 822 Å². The van der Waals surface area contributed by atoms with Gasteiger partial charge in [-0.1, -0.05) is 315 Å². The Bertz CT molecular complexity index is 4580. The van der Waals surface area contributed by atoms with Crippen molar-refractivity contribution in [1.82, 2.24) is 49.0 Å². The second kappa shape index (κ2) is 68.9. The molecule has 0 N–H and O–H groups in total. The highest BCUT2D eigenvalue weighted by molar-refractivity contribution is 7.99. The second-order valence-corrected chi connectivity index (χ2v) is 41.5. The minimum absolute atomic E-state index is 0.892. The summed E-state index contributed by atoms with van der Waals surface area (Å²) in [6, 6.07) is 109. The average molecular weight is 1870 g/mol. The predicted molar refractivity (Wildman–Crippen MR) is 585 cm³/mol. The lowest BCUT2D eigenvalue weighted by molar-refractivity contribution is 0.0361. The number of ether oxygens (including phenoxy) is 1. The van der Waals surface area contributed by atoms with E-state index in [1.165, 1.54) is 210 Å². The van der Waals surface area contributed by atoms with Crippen molar-refractivity contribution in [2.45, 2.75) is 127 Å². The normalized spacial score (nSPS) is 12.9. The van der Waals surface area contributed by atoms with E-state index in [-0.39, 0.29) is 0 Å². The molecule has 0 aliphatic carbocycles. The highest BCUT2D eigenvalue weighted by atomic mass is 32.2. The summed E-state index contributed by atoms with van der Waals surface area (Å²) < 4.78 is 5.46. The minimum Gasteiger partial charge on any atom is -0.379 e. The van der Waals surface area contributed by atoms with Gasteiger partial charge < -0.3 is 24.3 Å². The molecule has 11 aromatic rings. The summed E-state index contributed by atoms with van der Waals surface area (Å²) in [6.07, 6.45) is 8.98. The van der Waals surface area contributed by atoms with E-state index in [0.717, 1.165) is 147 Å². The first-order valence-electron chi connectivity index (χ1n) is 49.2. The van der Waals surface area contributed by atoms with Crippen LogP contribution in [0, 0.1) is 13.8 Å². The molecule has 0 unspecified atom stereocenters. The minimum atomic E-state index is 0.892. The summed E-state index contributed by atoms with van der Waals surface area (Å²) in [7, 11) is 10.8. The van der Waals surface area contributed by atoms with Crippen LogP contribution in [-0.4, -0.2) is 257 Å². The van der Waals surface area contributed by atoms with Crippen molar-refractivity contribution in [2.75, 3.05) is 208 Å². The van der Waals surface area contributed by atoms with E-state index in [2.05, 4.69) is 420 Å². The van der Waals surface area contributed by atoms with Crippen LogP contribution in [-0.2, 0) is 66.2 Å². The molecule has 2 fully saturated rings. The summed E-state index contributed by atoms with van der Waals surface area (Å²) in [5.74, 6) is 11.5. The fourth-order valence-electron chi connectivity index (χ4n) is 16.1. The van der Waals surface area contributed by atoms with E-state index in [1.807, 2.05) is 47.0 Å². The monoisotopic (exact) mass is 1870 g/mol. The van der Waals surface area contributed by atoms with Crippen molar-refractivity contribution in [3.8, 4) is 0 Å². The van der Waals surface area contributed by atoms with Crippen LogP contribution in [0.4, 0.5) is 0 Å². The number of likely N-dealkylation sites (tertiary alicyclic amines) is 1. The number of thioether (sulfide) groups is 5. The van der Waals surface area contributed by atoms with Crippen LogP contribution in [0.1, 0.15) is 119 Å². The molecule has 0 atom stereocenters. The zero-order valence-corrected chi connectivity index (χ0v) is 86.0. The Morgan fingerprint density at radius 3 is 0.841 bits per heavy atom. The van der Waals surface area contributed by atoms with Crippen LogP contribution >= 0.6 is 58.8 Å². The van der Waals surface area contributed by atoms with Crippen molar-refractivity contribution >= 4 is 69.6 Å². The van der Waals surface area contributed by atoms with E-state index >= 15 is 0 Å². The number of benzene rings is 11. The Morgan fingerprint density at radius 2 is 0.523 bits per heavy atom. The van der Waals surface area contributed by atoms with Crippen LogP contribution in [0.3, 0.4) is 0 Å². The van der Waals surface area contributed by atoms with Crippen LogP contribution in [0.15, 0.2) is 303 Å². The summed E-state index contributed by atoms with van der Waals surface area (Å²) >= 11 is 10.2. The fourth-order valence-corrected chi connectivity index (χ4v) is 20.9. The zero-order chi connectivity index (χ0) is 92.6. The topological polar surface area (TPSA) is 41.6 Å². The van der Waals surface area contributed by atoms with Gasteiger partial charge in [-0.2, -0.15) is 58.8 Å². The molecule has 0 radical (unpaired) electrons. The molecule has 0 spiro atoms. The molecule has 13 rings (SSSR count). The molecule has 2 heterocycles. The van der Waals surface area contributed by atoms with E-state index in [0.29, 0.717) is 0 Å². The number of hydrogen-bond acceptors (Lipinski definition) is 16. The van der Waals surface area contributed by atoms with Gasteiger partial charge in [-0.3, -0.25) is 29.4 Å². The van der Waals surface area contributed by atoms with Gasteiger partial charge in [0.2, 0.25) is 0 Å². The maximum absolute atomic E-state index is 5.46. The first kappa shape index (κ1) is 109. The zero-order valence-electron chi connectivity index (χ0n) is 81.9. The number of nitrogens with zero attached hydrogens (tertiary/aromatic N) is 10. The number of rotatable bonds is 56. The molecule has 0 bridgehead atoms. The Kier molecular flexibility index (Phi) is 56.7. The van der Waals surface area contributed by atoms with E-state index in [9.17, 15) is 0 Å². The quantitative estimate of drug-likeness (QED) is 0.0340. The highest BCUT2D eigenvalue weighted by Gasteiger charge is 2.17. The van der Waals surface area contributed by atoms with Gasteiger partial charge in [0.25, 0.3) is 0 Å². The summed E-state index contributed by atoms with van der Waals surface area (Å²) in [5.41, 5.74) is 16.9. The lowest BCUT2D eigenvalue weighted by atomic mass is 10.1. The smallest absolute Gasteiger partial charge is 0.0594 e. The molecule has 0 saturated carbocycles. The first-order chi connectivity index (χ1) is 64.8. The summed E-state index contributed by atoms with van der Waals surface area (Å²) in [5, 5.41) is 2.66. The third kappa shape index (κ3) is 50.2. The predicted octanol–water partition coefficient (Wildman–Crippen LogP) is 24.3. The van der Waals surface area contributed by atoms with Crippen molar-refractivity contribution < 1.29 is 4.74 Å². The van der Waals surface area contributed by atoms with Gasteiger partial charge in [0.05, 0.1) is 13.2 Å². The van der Waals surface area contributed by atoms with Gasteiger partial charge in [-0.15, -0.1) is 0 Å². The summed E-state index contributed by atoms with van der Waals surface area (Å²) in [4.78, 5) is 25.2. The van der Waals surface area contributed by atoms with E-state index < -0.39 is 0 Å². The molecule has 0 amide bonds. The highest BCUT2D eigenvalue weighted by Crippen LogP contribution is 2.23. The number of aryl methyl sites for hydroxylation is 2. The van der Waals surface area contributed by atoms with Gasteiger partial charge in [-0.05, 0) is 252 Å². The van der Waals surface area contributed by atoms with Crippen LogP contribution in [0.2, 0.25) is 0 Å². The number of morpholine rings is 1. The molecule has 11 nitrogen and oxygen atoms in total. The summed E-state index contributed by atoms with van der Waals surface area (Å²) in [6.45, 7) is 37.1. The Morgan fingerprint density at radius 1 is 0.258 bits per heavy atom. The van der Waals surface area contributed by atoms with Crippen LogP contribution in [0.25, 0.3) is 10.8 Å². The van der Waals surface area contributed by atoms with Crippen molar-refractivity contribution in [3.63, 3.8) is 0 Å². The van der Waals surface area contributed by atoms with Crippen LogP contribution in [0.5, 0.6) is 0 Å². The first-order valence-corrected chi connectivity index (χ1v) is 55.0. The van der Waals surface area contributed by atoms with Gasteiger partial charge in [0.15, 0.2) is 0 Å². The molecule has 0 aromatic heterocycles. The molecular formula is C116H162N10OS5. The average Bonchev–Trinajstić information content (AvgIpc) is 0.990. The maximum Gasteiger partial charge on any atom is 0.0594 e. The Balaban J connectivity index is 0.000000186. The van der Waals surface area contributed by atoms with Gasteiger partial charge >= 0.3 is 0 Å². The van der Waals surface area contributed by atoms with Crippen LogP contribution < -0.4 is 0 Å². The SMILES string of the molecule is CCN(C)CCCN(CCSCc1ccccc1)Cc1ccccc1.CN(C)CCCN(CCSCc1ccccc1)Cc1ccc2ccccc2c1.CN(C)CCCN(CCSCc1ccccc1)Cc1ccccc1.Cc1ccc(CN(CCCN2CCCC2)CCSCc2ccccc2)cc1.Cc1ccc(CN(CCCN2CCOCC2)CCSCc2ccccc2)cc1. The van der Waals surface area contributed by atoms with E-state index in [1.54, 1.807) is 0 Å². The number of fused-ring (bicyclic) bond motifs is 1. The largest absolute Gasteiger partial charge is 0.379 e. The maximum atomic E-state index is 5.46. The van der Waals surface area contributed by atoms with Crippen molar-refractivity contribution in [1.29, 1.82) is 0 Å².